The van der Waals surface area contributed by atoms with Gasteiger partial charge in [0.1, 0.15) is 18.4 Å². The lowest BCUT2D eigenvalue weighted by atomic mass is 9.77. The van der Waals surface area contributed by atoms with Crippen LogP contribution in [-0.2, 0) is 42.9 Å². The molecule has 6 amide bonds. The Bertz CT molecular complexity index is 2530. The smallest absolute Gasteiger partial charge is 0.417 e. The molecule has 6 atom stereocenters. The number of hydrogen-bond acceptors (Lipinski definition) is 13. The number of anilines is 1. The van der Waals surface area contributed by atoms with Crippen molar-refractivity contribution in [3.63, 3.8) is 0 Å². The Hall–Kier alpha value is -6.30. The molecule has 0 bridgehead atoms. The summed E-state index contributed by atoms with van der Waals surface area (Å²) in [5.41, 5.74) is 3.32. The average Bonchev–Trinajstić information content (AvgIpc) is 4.04. The van der Waals surface area contributed by atoms with E-state index in [1.807, 2.05) is 6.07 Å². The van der Waals surface area contributed by atoms with Crippen LogP contribution in [0.5, 0.6) is 5.75 Å². The molecule has 19 nitrogen and oxygen atoms in total. The van der Waals surface area contributed by atoms with E-state index < -0.39 is 53.3 Å². The predicted molar refractivity (Wildman–Crippen MR) is 275 cm³/mol. The van der Waals surface area contributed by atoms with Crippen LogP contribution < -0.4 is 31.7 Å². The van der Waals surface area contributed by atoms with Crippen LogP contribution in [0.2, 0.25) is 0 Å². The molecule has 2 aliphatic heterocycles. The lowest BCUT2D eigenvalue weighted by Crippen LogP contribution is -2.47. The number of halogens is 4. The number of benzene rings is 1. The van der Waals surface area contributed by atoms with E-state index in [0.717, 1.165) is 44.2 Å². The van der Waals surface area contributed by atoms with Gasteiger partial charge < -0.3 is 55.6 Å². The molecule has 23 heteroatoms. The third kappa shape index (κ3) is 15.5. The number of nitrogens with two attached hydrogens (primary N) is 1. The molecule has 1 aromatic carbocycles. The molecular weight excluding hydrogens is 1020 g/mol. The fourth-order valence-corrected chi connectivity index (χ4v) is 10.9. The van der Waals surface area contributed by atoms with Crippen LogP contribution in [0, 0.1) is 23.6 Å². The molecule has 7 rings (SSSR count). The Kier molecular flexibility index (Phi) is 21.0. The molecule has 0 spiro atoms. The number of aromatic nitrogens is 2. The normalized spacial score (nSPS) is 26.3. The molecule has 2 saturated carbocycles. The minimum atomic E-state index is -4.87. The summed E-state index contributed by atoms with van der Waals surface area (Å²) in [6, 6.07) is 9.52. The number of likely N-dealkylation sites (tertiary alicyclic amines) is 1. The first-order valence-corrected chi connectivity index (χ1v) is 26.9. The van der Waals surface area contributed by atoms with Gasteiger partial charge in [-0.25, -0.2) is 4.39 Å². The number of primary amides is 1. The van der Waals surface area contributed by atoms with E-state index >= 15 is 4.39 Å². The van der Waals surface area contributed by atoms with Gasteiger partial charge >= 0.3 is 6.18 Å². The van der Waals surface area contributed by atoms with Crippen molar-refractivity contribution in [2.24, 2.45) is 23.5 Å². The number of alkyl halides is 3. The van der Waals surface area contributed by atoms with Gasteiger partial charge in [0.2, 0.25) is 23.6 Å². The molecule has 2 aliphatic carbocycles. The number of amides is 6. The molecule has 4 fully saturated rings. The first kappa shape index (κ1) is 59.4. The van der Waals surface area contributed by atoms with Crippen LogP contribution in [0.15, 0.2) is 61.1 Å². The summed E-state index contributed by atoms with van der Waals surface area (Å²) >= 11 is 0. The Labute approximate surface area is 451 Å². The number of nitrogens with one attached hydrogen (secondary N) is 4. The van der Waals surface area contributed by atoms with E-state index in [1.165, 1.54) is 37.4 Å². The number of hydrogen-bond donors (Lipinski definition) is 5. The Balaban J connectivity index is 0.701. The number of ether oxygens (including phenoxy) is 5. The van der Waals surface area contributed by atoms with Crippen LogP contribution in [0.4, 0.5) is 23.2 Å². The summed E-state index contributed by atoms with van der Waals surface area (Å²) in [6.07, 6.45) is 5.92. The lowest BCUT2D eigenvalue weighted by molar-refractivity contribution is -0.272. The van der Waals surface area contributed by atoms with E-state index in [0.29, 0.717) is 77.9 Å². The zero-order chi connectivity index (χ0) is 56.0. The maximum absolute atomic E-state index is 15.4. The van der Waals surface area contributed by atoms with Crippen LogP contribution in [0.1, 0.15) is 124 Å². The minimum absolute atomic E-state index is 0.0106. The fraction of sp³-hybridized carbons (Fsp3) is 0.600. The maximum Gasteiger partial charge on any atom is 0.417 e. The fourth-order valence-electron chi connectivity index (χ4n) is 10.9. The molecule has 4 heterocycles. The number of rotatable bonds is 25. The second kappa shape index (κ2) is 27.5. The first-order valence-electron chi connectivity index (χ1n) is 26.9. The van der Waals surface area contributed by atoms with Gasteiger partial charge in [0.15, 0.2) is 17.2 Å². The average molecular weight is 1100 g/mol. The highest BCUT2D eigenvalue weighted by molar-refractivity contribution is 5.97. The molecule has 0 radical (unpaired) electrons. The molecule has 2 saturated heterocycles. The van der Waals surface area contributed by atoms with Gasteiger partial charge in [-0.2, -0.15) is 13.2 Å². The third-order valence-corrected chi connectivity index (χ3v) is 15.5. The van der Waals surface area contributed by atoms with Gasteiger partial charge in [-0.1, -0.05) is 19.1 Å². The van der Waals surface area contributed by atoms with Crippen molar-refractivity contribution >= 4 is 41.1 Å². The van der Waals surface area contributed by atoms with Gasteiger partial charge in [-0.15, -0.1) is 0 Å². The van der Waals surface area contributed by atoms with Crippen LogP contribution >= 0.6 is 0 Å². The van der Waals surface area contributed by atoms with Crippen LogP contribution in [-0.4, -0.2) is 140 Å². The monoisotopic (exact) mass is 1100 g/mol. The van der Waals surface area contributed by atoms with Crippen LogP contribution in [0.3, 0.4) is 0 Å². The quantitative estimate of drug-likeness (QED) is 0.0496. The minimum Gasteiger partial charge on any atom is -0.488 e. The van der Waals surface area contributed by atoms with Crippen molar-refractivity contribution in [3.8, 4) is 5.75 Å². The SMILES string of the molecule is C[C@H]1[C@@H](c2ccc(OCCOCCCNC(=O)C3CCC(NC(=O)CCCOC4CCC(OCCNC(=O)[C@H]5CC(=O)N(C)[C@@H]5c5cccnc5)CC4)CC3)c(F)c2)[C@H](C(=O)Nc2ccnc(C(N)=O)c2)O[C@@]1(C)C(F)(F)F. The molecule has 6 N–H and O–H groups in total. The molecular formula is C55H72F4N8O11. The van der Waals surface area contributed by atoms with Crippen molar-refractivity contribution in [1.29, 1.82) is 0 Å². The summed E-state index contributed by atoms with van der Waals surface area (Å²) in [4.78, 5) is 85.6. The summed E-state index contributed by atoms with van der Waals surface area (Å²) < 4.78 is 87.2. The van der Waals surface area contributed by atoms with Crippen molar-refractivity contribution in [1.82, 2.24) is 30.8 Å². The van der Waals surface area contributed by atoms with E-state index in [4.69, 9.17) is 29.4 Å². The van der Waals surface area contributed by atoms with Gasteiger partial charge in [0.05, 0.1) is 37.4 Å². The zero-order valence-electron chi connectivity index (χ0n) is 44.3. The Morgan fingerprint density at radius 1 is 0.833 bits per heavy atom. The Morgan fingerprint density at radius 2 is 1.55 bits per heavy atom. The van der Waals surface area contributed by atoms with E-state index in [-0.39, 0.29) is 96.2 Å². The number of pyridine rings is 2. The standard InChI is InChI=1S/C55H72F4N8O11/c1-33-47(49(78-54(33,2)55(57,58)59)53(73)66-38-19-22-62-43(30-38)50(60)70)35-11-18-44(42(56)29-35)77-28-27-74-24-6-21-63-51(71)34-9-12-37(13-10-34)65-45(68)8-5-25-75-39-14-16-40(17-15-39)76-26-23-64-52(72)41-31-46(69)67(3)48(41)36-7-4-20-61-32-36/h4,7,11,18-20,22,29-30,32-34,37,39-41,47-49H,5-6,8-10,12-17,21,23-28,31H2,1-3H3,(H2,60,70)(H,63,71)(H,64,72)(H,65,68)(H,62,66,73)/t33-,34?,37?,39?,40?,41-,47-,48+,49+,54+/m0/s1. The second-order valence-electron chi connectivity index (χ2n) is 20.7. The predicted octanol–water partition coefficient (Wildman–Crippen LogP) is 5.83. The summed E-state index contributed by atoms with van der Waals surface area (Å²) in [7, 11) is 1.71. The Morgan fingerprint density at radius 3 is 2.23 bits per heavy atom. The van der Waals surface area contributed by atoms with Gasteiger partial charge in [-0.05, 0) is 113 Å². The largest absolute Gasteiger partial charge is 0.488 e. The van der Waals surface area contributed by atoms with Crippen molar-refractivity contribution in [2.75, 3.05) is 58.5 Å². The lowest BCUT2D eigenvalue weighted by Gasteiger charge is -2.31. The van der Waals surface area contributed by atoms with Crippen molar-refractivity contribution < 1.29 is 70.0 Å². The molecule has 4 aliphatic rings. The first-order chi connectivity index (χ1) is 37.3. The molecule has 0 unspecified atom stereocenters. The maximum atomic E-state index is 15.4. The molecule has 3 aromatic rings. The van der Waals surface area contributed by atoms with Gasteiger partial charge in [0, 0.05) is 94.3 Å². The van der Waals surface area contributed by atoms with Gasteiger partial charge in [0.25, 0.3) is 11.8 Å². The molecule has 2 aromatic heterocycles. The highest BCUT2D eigenvalue weighted by Gasteiger charge is 2.65. The summed E-state index contributed by atoms with van der Waals surface area (Å²) in [5.74, 6) is -6.35. The van der Waals surface area contributed by atoms with Crippen molar-refractivity contribution in [3.05, 3.63) is 83.7 Å². The number of carbonyl (C=O) groups is 6. The second-order valence-corrected chi connectivity index (χ2v) is 20.7. The molecule has 78 heavy (non-hydrogen) atoms. The highest BCUT2D eigenvalue weighted by Crippen LogP contribution is 2.53. The van der Waals surface area contributed by atoms with Gasteiger partial charge in [-0.3, -0.25) is 38.7 Å². The van der Waals surface area contributed by atoms with E-state index in [1.54, 1.807) is 30.4 Å². The van der Waals surface area contributed by atoms with E-state index in [9.17, 15) is 41.9 Å². The van der Waals surface area contributed by atoms with Crippen molar-refractivity contribution in [2.45, 2.75) is 139 Å². The molecule has 426 valence electrons. The third-order valence-electron chi connectivity index (χ3n) is 15.5. The number of nitrogens with zero attached hydrogens (tertiary/aromatic N) is 3. The van der Waals surface area contributed by atoms with Crippen LogP contribution in [0.25, 0.3) is 0 Å². The van der Waals surface area contributed by atoms with E-state index in [2.05, 4.69) is 31.2 Å². The summed E-state index contributed by atoms with van der Waals surface area (Å²) in [6.45, 7) is 4.08. The zero-order valence-corrected chi connectivity index (χ0v) is 44.3. The topological polar surface area (TPSA) is 252 Å². The number of carbonyl (C=O) groups excluding carboxylic acids is 6. The summed E-state index contributed by atoms with van der Waals surface area (Å²) in [5, 5.41) is 11.5. The highest BCUT2D eigenvalue weighted by atomic mass is 19.4.